The number of unbranched alkanes of at least 4 members (excludes halogenated alkanes) is 1. The highest BCUT2D eigenvalue weighted by atomic mass is 16.2. The lowest BCUT2D eigenvalue weighted by atomic mass is 10.1. The van der Waals surface area contributed by atoms with Crippen LogP contribution in [0.3, 0.4) is 0 Å². The monoisotopic (exact) mass is 364 g/mol. The van der Waals surface area contributed by atoms with E-state index in [0.717, 1.165) is 24.0 Å². The van der Waals surface area contributed by atoms with E-state index in [1.165, 1.54) is 0 Å². The molecule has 0 aliphatic rings. The summed E-state index contributed by atoms with van der Waals surface area (Å²) in [5.74, 6) is -0.434. The molecule has 2 N–H and O–H groups in total. The van der Waals surface area contributed by atoms with Crippen LogP contribution >= 0.6 is 0 Å². The molecule has 2 amide bonds. The molecule has 27 heavy (non-hydrogen) atoms. The lowest BCUT2D eigenvalue weighted by Crippen LogP contribution is -2.25. The van der Waals surface area contributed by atoms with Crippen LogP contribution in [-0.2, 0) is 0 Å². The van der Waals surface area contributed by atoms with Crippen molar-refractivity contribution in [3.8, 4) is 0 Å². The second kappa shape index (κ2) is 8.03. The summed E-state index contributed by atoms with van der Waals surface area (Å²) in [5.41, 5.74) is 3.71. The normalized spacial score (nSPS) is 10.8. The van der Waals surface area contributed by atoms with Crippen molar-refractivity contribution in [3.05, 3.63) is 65.2 Å². The Morgan fingerprint density at radius 3 is 2.52 bits per heavy atom. The predicted octanol–water partition coefficient (Wildman–Crippen LogP) is 3.73. The Balaban J connectivity index is 1.92. The minimum atomic E-state index is -0.353. The summed E-state index contributed by atoms with van der Waals surface area (Å²) in [5, 5.41) is 5.75. The summed E-state index contributed by atoms with van der Waals surface area (Å²) >= 11 is 0. The number of rotatable bonds is 6. The van der Waals surface area contributed by atoms with Gasteiger partial charge in [-0.25, -0.2) is 4.98 Å². The van der Waals surface area contributed by atoms with Crippen LogP contribution in [0.5, 0.6) is 0 Å². The fourth-order valence-corrected chi connectivity index (χ4v) is 3.06. The van der Waals surface area contributed by atoms with Crippen molar-refractivity contribution in [3.63, 3.8) is 0 Å². The van der Waals surface area contributed by atoms with E-state index < -0.39 is 0 Å². The summed E-state index contributed by atoms with van der Waals surface area (Å²) in [4.78, 5) is 29.7. The number of hydrogen-bond acceptors (Lipinski definition) is 3. The summed E-state index contributed by atoms with van der Waals surface area (Å²) < 4.78 is 1.65. The van der Waals surface area contributed by atoms with Crippen LogP contribution in [0.25, 0.3) is 5.52 Å². The molecule has 2 aromatic heterocycles. The molecule has 6 nitrogen and oxygen atoms in total. The molecule has 0 fully saturated rings. The highest BCUT2D eigenvalue weighted by Crippen LogP contribution is 2.17. The number of anilines is 1. The molecule has 0 saturated carbocycles. The van der Waals surface area contributed by atoms with Crippen LogP contribution in [0.2, 0.25) is 0 Å². The molecule has 140 valence electrons. The van der Waals surface area contributed by atoms with Crippen LogP contribution in [0.15, 0.2) is 42.6 Å². The molecule has 0 atom stereocenters. The van der Waals surface area contributed by atoms with Gasteiger partial charge in [-0.15, -0.1) is 0 Å². The van der Waals surface area contributed by atoms with Gasteiger partial charge < -0.3 is 10.6 Å². The largest absolute Gasteiger partial charge is 0.351 e. The maximum Gasteiger partial charge on any atom is 0.292 e. The zero-order chi connectivity index (χ0) is 19.4. The number of aryl methyl sites for hydroxylation is 2. The lowest BCUT2D eigenvalue weighted by molar-refractivity contribution is 0.0950. The molecule has 0 unspecified atom stereocenters. The first kappa shape index (κ1) is 18.6. The summed E-state index contributed by atoms with van der Waals surface area (Å²) in [6.45, 7) is 6.61. The minimum absolute atomic E-state index is 0.186. The molecule has 3 rings (SSSR count). The number of benzene rings is 1. The Morgan fingerprint density at radius 1 is 1.07 bits per heavy atom. The van der Waals surface area contributed by atoms with Crippen molar-refractivity contribution in [2.45, 2.75) is 33.6 Å². The van der Waals surface area contributed by atoms with Crippen molar-refractivity contribution in [2.75, 3.05) is 11.9 Å². The van der Waals surface area contributed by atoms with E-state index in [2.05, 4.69) is 22.5 Å². The van der Waals surface area contributed by atoms with Crippen LogP contribution in [0, 0.1) is 13.8 Å². The van der Waals surface area contributed by atoms with Gasteiger partial charge in [-0.05, 0) is 55.7 Å². The number of fused-ring (bicyclic) bond motifs is 1. The van der Waals surface area contributed by atoms with Crippen molar-refractivity contribution >= 4 is 23.0 Å². The number of nitrogens with zero attached hydrogens (tertiary/aromatic N) is 2. The fraction of sp³-hybridized carbons (Fsp3) is 0.286. The minimum Gasteiger partial charge on any atom is -0.351 e. The van der Waals surface area contributed by atoms with Crippen molar-refractivity contribution in [1.82, 2.24) is 14.7 Å². The second-order valence-corrected chi connectivity index (χ2v) is 6.68. The Morgan fingerprint density at radius 2 is 1.81 bits per heavy atom. The smallest absolute Gasteiger partial charge is 0.292 e. The van der Waals surface area contributed by atoms with Crippen molar-refractivity contribution < 1.29 is 9.59 Å². The Bertz CT molecular complexity index is 971. The average molecular weight is 364 g/mol. The summed E-state index contributed by atoms with van der Waals surface area (Å²) in [6, 6.07) is 11.3. The molecule has 3 aromatic rings. The topological polar surface area (TPSA) is 75.5 Å². The molecule has 0 spiro atoms. The SMILES string of the molecule is CCCCNC(=O)c1nc(C(=O)Nc2cc(C)cc(C)c2)n2ccccc12. The van der Waals surface area contributed by atoms with Crippen LogP contribution in [0.1, 0.15) is 52.0 Å². The predicted molar refractivity (Wildman–Crippen MR) is 106 cm³/mol. The number of pyridine rings is 1. The number of nitrogens with one attached hydrogen (secondary N) is 2. The van der Waals surface area contributed by atoms with Gasteiger partial charge in [-0.1, -0.05) is 25.5 Å². The standard InChI is InChI=1S/C21H24N4O2/c1-4-5-9-22-20(26)18-17-8-6-7-10-25(17)19(24-18)21(27)23-16-12-14(2)11-15(3)13-16/h6-8,10-13H,4-5,9H2,1-3H3,(H,22,26)(H,23,27). The number of amides is 2. The van der Waals surface area contributed by atoms with E-state index in [1.54, 1.807) is 22.7 Å². The zero-order valence-corrected chi connectivity index (χ0v) is 15.9. The van der Waals surface area contributed by atoms with Gasteiger partial charge in [0.2, 0.25) is 5.82 Å². The maximum atomic E-state index is 12.8. The highest BCUT2D eigenvalue weighted by Gasteiger charge is 2.21. The van der Waals surface area contributed by atoms with Crippen LogP contribution < -0.4 is 10.6 Å². The number of aromatic nitrogens is 2. The molecule has 6 heteroatoms. The van der Waals surface area contributed by atoms with Gasteiger partial charge in [0.25, 0.3) is 11.8 Å². The van der Waals surface area contributed by atoms with Gasteiger partial charge in [-0.2, -0.15) is 0 Å². The van der Waals surface area contributed by atoms with Crippen molar-refractivity contribution in [1.29, 1.82) is 0 Å². The number of imidazole rings is 1. The Labute approximate surface area is 158 Å². The third-order valence-electron chi connectivity index (χ3n) is 4.26. The molecule has 0 bridgehead atoms. The van der Waals surface area contributed by atoms with Gasteiger partial charge >= 0.3 is 0 Å². The molecule has 1 aromatic carbocycles. The molecular weight excluding hydrogens is 340 g/mol. The quantitative estimate of drug-likeness (QED) is 0.654. The average Bonchev–Trinajstić information content (AvgIpc) is 3.01. The first-order valence-electron chi connectivity index (χ1n) is 9.14. The third kappa shape index (κ3) is 4.16. The first-order chi connectivity index (χ1) is 13.0. The maximum absolute atomic E-state index is 12.8. The molecule has 0 saturated heterocycles. The fourth-order valence-electron chi connectivity index (χ4n) is 3.06. The molecule has 0 aliphatic carbocycles. The Hall–Kier alpha value is -3.15. The van der Waals surface area contributed by atoms with E-state index in [9.17, 15) is 9.59 Å². The van der Waals surface area contributed by atoms with E-state index in [4.69, 9.17) is 0 Å². The van der Waals surface area contributed by atoms with E-state index in [-0.39, 0.29) is 23.3 Å². The summed E-state index contributed by atoms with van der Waals surface area (Å²) in [6.07, 6.45) is 3.63. The van der Waals surface area contributed by atoms with Gasteiger partial charge in [0.15, 0.2) is 5.69 Å². The van der Waals surface area contributed by atoms with E-state index in [0.29, 0.717) is 17.7 Å². The summed E-state index contributed by atoms with van der Waals surface area (Å²) in [7, 11) is 0. The number of hydrogen-bond donors (Lipinski definition) is 2. The van der Waals surface area contributed by atoms with Gasteiger partial charge in [0.1, 0.15) is 0 Å². The molecule has 2 heterocycles. The van der Waals surface area contributed by atoms with Crippen LogP contribution in [0.4, 0.5) is 5.69 Å². The third-order valence-corrected chi connectivity index (χ3v) is 4.26. The molecule has 0 radical (unpaired) electrons. The van der Waals surface area contributed by atoms with Gasteiger partial charge in [0, 0.05) is 18.4 Å². The number of carbonyl (C=O) groups is 2. The molecular formula is C21H24N4O2. The van der Waals surface area contributed by atoms with Gasteiger partial charge in [-0.3, -0.25) is 14.0 Å². The highest BCUT2D eigenvalue weighted by molar-refractivity contribution is 6.06. The first-order valence-corrected chi connectivity index (χ1v) is 9.14. The lowest BCUT2D eigenvalue weighted by Gasteiger charge is -2.07. The van der Waals surface area contributed by atoms with E-state index in [1.807, 2.05) is 38.1 Å². The van der Waals surface area contributed by atoms with E-state index >= 15 is 0 Å². The van der Waals surface area contributed by atoms with Crippen LogP contribution in [-0.4, -0.2) is 27.7 Å². The van der Waals surface area contributed by atoms with Crippen molar-refractivity contribution in [2.24, 2.45) is 0 Å². The molecule has 0 aliphatic heterocycles. The Kier molecular flexibility index (Phi) is 5.54. The zero-order valence-electron chi connectivity index (χ0n) is 15.9. The van der Waals surface area contributed by atoms with Gasteiger partial charge in [0.05, 0.1) is 5.52 Å². The second-order valence-electron chi connectivity index (χ2n) is 6.68. The number of carbonyl (C=O) groups excluding carboxylic acids is 2.